The van der Waals surface area contributed by atoms with Gasteiger partial charge in [-0.05, 0) is 25.0 Å². The van der Waals surface area contributed by atoms with Crippen LogP contribution in [0.5, 0.6) is 0 Å². The molecule has 0 unspecified atom stereocenters. The van der Waals surface area contributed by atoms with E-state index in [1.54, 1.807) is 37.3 Å². The Morgan fingerprint density at radius 3 is 1.98 bits per heavy atom. The molecule has 7 rings (SSSR count). The highest BCUT2D eigenvalue weighted by atomic mass is 16.8. The monoisotopic (exact) mass is 878 g/mol. The van der Waals surface area contributed by atoms with Crippen LogP contribution in [-0.4, -0.2) is 221 Å². The fourth-order valence-electron chi connectivity index (χ4n) is 8.72. The number of fused-ring (bicyclic) bond motifs is 1. The molecular weight excluding hydrogens is 824 g/mol. The average molecular weight is 879 g/mol. The second-order valence-corrected chi connectivity index (χ2v) is 16.5. The average Bonchev–Trinajstić information content (AvgIpc) is 3.46. The lowest BCUT2D eigenvalue weighted by atomic mass is 9.71. The molecule has 5 saturated heterocycles. The summed E-state index contributed by atoms with van der Waals surface area (Å²) in [5, 5.41) is 129. The minimum Gasteiger partial charge on any atom is -0.458 e. The van der Waals surface area contributed by atoms with Crippen molar-refractivity contribution in [3.63, 3.8) is 0 Å². The van der Waals surface area contributed by atoms with E-state index in [1.165, 1.54) is 0 Å². The molecule has 6 aliphatic rings. The van der Waals surface area contributed by atoms with E-state index < -0.39 is 166 Å². The Kier molecular flexibility index (Phi) is 14.1. The van der Waals surface area contributed by atoms with Crippen molar-refractivity contribution in [1.29, 1.82) is 0 Å². The first-order valence-electron chi connectivity index (χ1n) is 20.0. The highest BCUT2D eigenvalue weighted by Gasteiger charge is 2.70. The predicted molar refractivity (Wildman–Crippen MR) is 192 cm³/mol. The number of aliphatic hydroxyl groups excluding tert-OH is 11. The van der Waals surface area contributed by atoms with Gasteiger partial charge in [0.15, 0.2) is 18.7 Å². The highest BCUT2D eigenvalue weighted by molar-refractivity contribution is 5.89. The predicted octanol–water partition coefficient (Wildman–Crippen LogP) is -6.14. The summed E-state index contributed by atoms with van der Waals surface area (Å²) >= 11 is 0. The zero-order chi connectivity index (χ0) is 44.1. The molecule has 23 nitrogen and oxygen atoms in total. The number of ether oxygens (including phenoxy) is 9. The van der Waals surface area contributed by atoms with Crippen LogP contribution >= 0.6 is 0 Å². The maximum atomic E-state index is 13.9. The van der Waals surface area contributed by atoms with Crippen LogP contribution in [0.3, 0.4) is 0 Å². The van der Waals surface area contributed by atoms with Gasteiger partial charge in [0, 0.05) is 12.3 Å². The molecule has 1 spiro atoms. The van der Waals surface area contributed by atoms with E-state index in [9.17, 15) is 70.9 Å². The van der Waals surface area contributed by atoms with Crippen molar-refractivity contribution in [2.24, 2.45) is 11.8 Å². The second-order valence-electron chi connectivity index (χ2n) is 16.5. The number of carbonyl (C=O) groups is 2. The molecule has 1 aromatic carbocycles. The summed E-state index contributed by atoms with van der Waals surface area (Å²) in [7, 11) is 0. The molecular formula is C38H54O23. The molecule has 61 heavy (non-hydrogen) atoms. The molecule has 5 heterocycles. The first kappa shape index (κ1) is 46.4. The summed E-state index contributed by atoms with van der Waals surface area (Å²) in [6.45, 7) is -0.663. The van der Waals surface area contributed by atoms with Gasteiger partial charge in [0.05, 0.1) is 50.1 Å². The molecule has 6 fully saturated rings. The van der Waals surface area contributed by atoms with E-state index in [0.29, 0.717) is 0 Å². The summed E-state index contributed by atoms with van der Waals surface area (Å²) in [6.07, 6.45) is -32.9. The zero-order valence-corrected chi connectivity index (χ0v) is 32.7. The molecule has 1 aromatic rings. The van der Waals surface area contributed by atoms with Gasteiger partial charge in [-0.3, -0.25) is 4.79 Å². The minimum atomic E-state index is -2.38. The smallest absolute Gasteiger partial charge is 0.338 e. The lowest BCUT2D eigenvalue weighted by Crippen LogP contribution is -2.66. The Hall–Kier alpha value is -2.60. The number of carbonyl (C=O) groups excluding carboxylic acids is 2. The third kappa shape index (κ3) is 8.69. The van der Waals surface area contributed by atoms with E-state index in [-0.39, 0.29) is 30.9 Å². The highest BCUT2D eigenvalue weighted by Crippen LogP contribution is 2.52. The van der Waals surface area contributed by atoms with Crippen LogP contribution < -0.4 is 0 Å². The van der Waals surface area contributed by atoms with Crippen molar-refractivity contribution in [1.82, 2.24) is 0 Å². The van der Waals surface area contributed by atoms with E-state index in [4.69, 9.17) is 42.6 Å². The van der Waals surface area contributed by atoms with Gasteiger partial charge in [-0.25, -0.2) is 4.79 Å². The number of benzene rings is 1. The first-order valence-corrected chi connectivity index (χ1v) is 20.0. The van der Waals surface area contributed by atoms with Gasteiger partial charge in [-0.15, -0.1) is 0 Å². The summed E-state index contributed by atoms with van der Waals surface area (Å²) in [5.41, 5.74) is -2.11. The van der Waals surface area contributed by atoms with Gasteiger partial charge in [-0.2, -0.15) is 0 Å². The number of aliphatic hydroxyl groups is 12. The van der Waals surface area contributed by atoms with Crippen molar-refractivity contribution in [3.8, 4) is 0 Å². The quantitative estimate of drug-likeness (QED) is 0.0973. The maximum absolute atomic E-state index is 13.9. The van der Waals surface area contributed by atoms with E-state index in [1.807, 2.05) is 0 Å². The van der Waals surface area contributed by atoms with Gasteiger partial charge in [0.1, 0.15) is 78.8 Å². The van der Waals surface area contributed by atoms with Crippen molar-refractivity contribution >= 4 is 11.9 Å². The van der Waals surface area contributed by atoms with Crippen LogP contribution in [0.25, 0.3) is 0 Å². The fourth-order valence-corrected chi connectivity index (χ4v) is 8.72. The largest absolute Gasteiger partial charge is 0.458 e. The van der Waals surface area contributed by atoms with Gasteiger partial charge < -0.3 is 104 Å². The van der Waals surface area contributed by atoms with E-state index in [0.717, 1.165) is 0 Å². The fraction of sp³-hybridized carbons (Fsp3) is 0.789. The van der Waals surface area contributed by atoms with Crippen LogP contribution in [0.1, 0.15) is 36.5 Å². The van der Waals surface area contributed by atoms with Gasteiger partial charge in [0.25, 0.3) is 0 Å². The van der Waals surface area contributed by atoms with Crippen LogP contribution in [0, 0.1) is 11.8 Å². The molecule has 0 radical (unpaired) electrons. The first-order chi connectivity index (χ1) is 28.9. The molecule has 1 aliphatic carbocycles. The Labute approximate surface area is 347 Å². The number of rotatable bonds is 10. The Morgan fingerprint density at radius 1 is 0.738 bits per heavy atom. The summed E-state index contributed by atoms with van der Waals surface area (Å²) in [5.74, 6) is -5.46. The molecule has 0 aromatic heterocycles. The van der Waals surface area contributed by atoms with Crippen LogP contribution in [-0.2, 0) is 47.4 Å². The summed E-state index contributed by atoms with van der Waals surface area (Å²) in [4.78, 5) is 26.9. The minimum absolute atomic E-state index is 0.0836. The van der Waals surface area contributed by atoms with Crippen molar-refractivity contribution < 1.29 is 113 Å². The molecule has 23 heteroatoms. The van der Waals surface area contributed by atoms with Gasteiger partial charge in [-0.1, -0.05) is 25.1 Å². The Bertz CT molecular complexity index is 1660. The third-order valence-corrected chi connectivity index (χ3v) is 12.5. The van der Waals surface area contributed by atoms with Crippen LogP contribution in [0.2, 0.25) is 0 Å². The molecule has 12 N–H and O–H groups in total. The second kappa shape index (κ2) is 18.5. The number of hydrogen-bond donors (Lipinski definition) is 12. The zero-order valence-electron chi connectivity index (χ0n) is 32.7. The van der Waals surface area contributed by atoms with Crippen molar-refractivity contribution in [2.45, 2.75) is 148 Å². The summed E-state index contributed by atoms with van der Waals surface area (Å²) in [6, 6.07) is 8.16. The van der Waals surface area contributed by atoms with Crippen molar-refractivity contribution in [3.05, 3.63) is 35.9 Å². The third-order valence-electron chi connectivity index (χ3n) is 12.5. The normalized spacial score (nSPS) is 48.9. The molecule has 5 aliphatic heterocycles. The number of esters is 2. The molecule has 1 saturated carbocycles. The van der Waals surface area contributed by atoms with E-state index >= 15 is 0 Å². The molecule has 22 atom stereocenters. The Balaban J connectivity index is 1.07. The van der Waals surface area contributed by atoms with Crippen molar-refractivity contribution in [2.75, 3.05) is 26.4 Å². The lowest BCUT2D eigenvalue weighted by molar-refractivity contribution is -0.386. The molecule has 0 bridgehead atoms. The molecule has 0 amide bonds. The lowest BCUT2D eigenvalue weighted by Gasteiger charge is -2.48. The van der Waals surface area contributed by atoms with E-state index in [2.05, 4.69) is 0 Å². The molecule has 344 valence electrons. The van der Waals surface area contributed by atoms with Gasteiger partial charge >= 0.3 is 11.9 Å². The van der Waals surface area contributed by atoms with Crippen LogP contribution in [0.15, 0.2) is 30.3 Å². The Morgan fingerprint density at radius 2 is 1.34 bits per heavy atom. The standard InChI is InChI=1S/C38H54O23/c1-14-12-54-37(9-18(14)55-31(49)15-5-3-2-4-6-15)36(51)38(52)21(42)7-16(8-22(38)61-37)32(50)60-35-30(27(47)25(45)20(11-40)57-35)59-34-29(26(46)24(44)19(10-39)56-34)58-33-28(48)23(43)17(41)13-53-33/h2-6,14,16-30,33-36,39-48,51-52H,7-13H2,1H3/t14-,16+,17+,18+,19-,20-,21+,22-,23+,24-,25-,26+,27+,28-,29-,30-,33+,34+,35+,36+,37+,38-/m1/s1. The topological polar surface area (TPSA) is 360 Å². The maximum Gasteiger partial charge on any atom is 0.338 e. The van der Waals surface area contributed by atoms with Gasteiger partial charge in [0.2, 0.25) is 12.1 Å². The summed E-state index contributed by atoms with van der Waals surface area (Å²) < 4.78 is 51.5. The number of hydrogen-bond acceptors (Lipinski definition) is 23. The SMILES string of the molecule is C[C@@H]1CO[C@@]2(C[C@@H]1OC(=O)c1ccccc1)O[C@@H]1C[C@@H](C(=O)O[C@@H]3O[C@H](CO)[C@@H](O)[C@H](O)[C@H]3O[C@@H]3O[C@H](CO)[C@@H](O)[C@H](O)[C@H]3O[C@@H]3OC[C@H](O)[C@H](O)[C@H]3O)C[C@H](O)[C@]1(O)[C@H]2O. The van der Waals surface area contributed by atoms with Crippen LogP contribution in [0.4, 0.5) is 0 Å².